The molecule has 1 amide bonds. The van der Waals surface area contributed by atoms with Crippen molar-refractivity contribution in [3.05, 3.63) is 60.4 Å². The van der Waals surface area contributed by atoms with Crippen molar-refractivity contribution in [2.45, 2.75) is 13.0 Å². The summed E-state index contributed by atoms with van der Waals surface area (Å²) in [7, 11) is 0. The number of benzene rings is 1. The van der Waals surface area contributed by atoms with Crippen LogP contribution < -0.4 is 10.1 Å². The van der Waals surface area contributed by atoms with Crippen LogP contribution >= 0.6 is 0 Å². The standard InChI is InChI=1S/C15H16N2O2/c18-15(17-12-13-6-4-5-10-16-13)9-11-19-14-7-2-1-3-8-14/h1-8,10H,9,11-12H2,(H,17,18). The average Bonchev–Trinajstić information content (AvgIpc) is 2.47. The molecule has 2 rings (SSSR count). The second-order valence-corrected chi connectivity index (χ2v) is 4.01. The Bertz CT molecular complexity index is 500. The van der Waals surface area contributed by atoms with Crippen LogP contribution in [0.15, 0.2) is 54.7 Å². The van der Waals surface area contributed by atoms with Gasteiger partial charge in [0.1, 0.15) is 5.75 Å². The molecule has 0 aliphatic heterocycles. The zero-order chi connectivity index (χ0) is 13.3. The van der Waals surface area contributed by atoms with E-state index in [1.54, 1.807) is 6.20 Å². The number of rotatable bonds is 6. The van der Waals surface area contributed by atoms with Gasteiger partial charge in [0.05, 0.1) is 25.3 Å². The van der Waals surface area contributed by atoms with Gasteiger partial charge >= 0.3 is 0 Å². The van der Waals surface area contributed by atoms with E-state index in [0.717, 1.165) is 11.4 Å². The fourth-order valence-corrected chi connectivity index (χ4v) is 1.56. The molecule has 0 spiro atoms. The number of nitrogens with zero attached hydrogens (tertiary/aromatic N) is 1. The van der Waals surface area contributed by atoms with E-state index in [-0.39, 0.29) is 5.91 Å². The van der Waals surface area contributed by atoms with Gasteiger partial charge in [-0.15, -0.1) is 0 Å². The number of nitrogens with one attached hydrogen (secondary N) is 1. The first-order valence-corrected chi connectivity index (χ1v) is 6.19. The molecule has 0 saturated carbocycles. The highest BCUT2D eigenvalue weighted by Gasteiger charge is 2.02. The van der Waals surface area contributed by atoms with Gasteiger partial charge in [0.2, 0.25) is 5.91 Å². The number of ether oxygens (including phenoxy) is 1. The molecule has 0 aliphatic rings. The summed E-state index contributed by atoms with van der Waals surface area (Å²) in [6.07, 6.45) is 2.04. The maximum atomic E-state index is 11.6. The fourth-order valence-electron chi connectivity index (χ4n) is 1.56. The van der Waals surface area contributed by atoms with Gasteiger partial charge in [-0.3, -0.25) is 9.78 Å². The lowest BCUT2D eigenvalue weighted by Gasteiger charge is -2.06. The van der Waals surface area contributed by atoms with Crippen molar-refractivity contribution in [1.82, 2.24) is 10.3 Å². The van der Waals surface area contributed by atoms with Gasteiger partial charge < -0.3 is 10.1 Å². The van der Waals surface area contributed by atoms with E-state index in [4.69, 9.17) is 4.74 Å². The predicted octanol–water partition coefficient (Wildman–Crippen LogP) is 2.17. The summed E-state index contributed by atoms with van der Waals surface area (Å²) < 4.78 is 5.45. The van der Waals surface area contributed by atoms with Crippen LogP contribution in [0.25, 0.3) is 0 Å². The second kappa shape index (κ2) is 7.16. The minimum Gasteiger partial charge on any atom is -0.493 e. The van der Waals surface area contributed by atoms with Crippen LogP contribution in [0.4, 0.5) is 0 Å². The zero-order valence-corrected chi connectivity index (χ0v) is 10.6. The smallest absolute Gasteiger partial charge is 0.223 e. The first-order chi connectivity index (χ1) is 9.34. The molecule has 0 radical (unpaired) electrons. The van der Waals surface area contributed by atoms with Gasteiger partial charge in [0.25, 0.3) is 0 Å². The molecule has 0 atom stereocenters. The number of carbonyl (C=O) groups is 1. The maximum absolute atomic E-state index is 11.6. The monoisotopic (exact) mass is 256 g/mol. The van der Waals surface area contributed by atoms with Gasteiger partial charge in [-0.05, 0) is 24.3 Å². The first kappa shape index (κ1) is 13.1. The molecular weight excluding hydrogens is 240 g/mol. The molecule has 98 valence electrons. The lowest BCUT2D eigenvalue weighted by Crippen LogP contribution is -2.24. The number of carbonyl (C=O) groups excluding carboxylic acids is 1. The Kier molecular flexibility index (Phi) is 4.93. The molecule has 0 aliphatic carbocycles. The Balaban J connectivity index is 1.65. The Morgan fingerprint density at radius 2 is 1.89 bits per heavy atom. The van der Waals surface area contributed by atoms with E-state index >= 15 is 0 Å². The lowest BCUT2D eigenvalue weighted by molar-refractivity contribution is -0.121. The quantitative estimate of drug-likeness (QED) is 0.861. The molecule has 4 heteroatoms. The molecule has 0 fully saturated rings. The van der Waals surface area contributed by atoms with E-state index in [2.05, 4.69) is 10.3 Å². The third-order valence-electron chi connectivity index (χ3n) is 2.53. The van der Waals surface area contributed by atoms with Gasteiger partial charge in [-0.2, -0.15) is 0 Å². The molecule has 1 N–H and O–H groups in total. The topological polar surface area (TPSA) is 51.2 Å². The number of hydrogen-bond acceptors (Lipinski definition) is 3. The summed E-state index contributed by atoms with van der Waals surface area (Å²) >= 11 is 0. The summed E-state index contributed by atoms with van der Waals surface area (Å²) in [6.45, 7) is 0.822. The Hall–Kier alpha value is -2.36. The average molecular weight is 256 g/mol. The zero-order valence-electron chi connectivity index (χ0n) is 10.6. The SMILES string of the molecule is O=C(CCOc1ccccc1)NCc1ccccn1. The molecule has 1 aromatic heterocycles. The van der Waals surface area contributed by atoms with Crippen molar-refractivity contribution < 1.29 is 9.53 Å². The van der Waals surface area contributed by atoms with Crippen LogP contribution in [0.1, 0.15) is 12.1 Å². The third-order valence-corrected chi connectivity index (χ3v) is 2.53. The first-order valence-electron chi connectivity index (χ1n) is 6.19. The number of amides is 1. The summed E-state index contributed by atoms with van der Waals surface area (Å²) in [5.74, 6) is 0.738. The minimum absolute atomic E-state index is 0.0402. The van der Waals surface area contributed by atoms with Gasteiger partial charge in [-0.1, -0.05) is 24.3 Å². The number of pyridine rings is 1. The molecule has 0 bridgehead atoms. The Morgan fingerprint density at radius 3 is 2.63 bits per heavy atom. The second-order valence-electron chi connectivity index (χ2n) is 4.01. The van der Waals surface area contributed by atoms with Crippen LogP contribution in [0.5, 0.6) is 5.75 Å². The van der Waals surface area contributed by atoms with Crippen LogP contribution in [0, 0.1) is 0 Å². The summed E-state index contributed by atoms with van der Waals surface area (Å²) in [5, 5.41) is 2.80. The number of para-hydroxylation sites is 1. The van der Waals surface area contributed by atoms with Crippen molar-refractivity contribution in [3.8, 4) is 5.75 Å². The van der Waals surface area contributed by atoms with E-state index < -0.39 is 0 Å². The van der Waals surface area contributed by atoms with Gasteiger partial charge in [0, 0.05) is 6.20 Å². The van der Waals surface area contributed by atoms with Crippen LogP contribution in [-0.2, 0) is 11.3 Å². The minimum atomic E-state index is -0.0402. The largest absolute Gasteiger partial charge is 0.493 e. The Morgan fingerprint density at radius 1 is 1.11 bits per heavy atom. The number of hydrogen-bond donors (Lipinski definition) is 1. The summed E-state index contributed by atoms with van der Waals surface area (Å²) in [4.78, 5) is 15.7. The van der Waals surface area contributed by atoms with Crippen LogP contribution in [0.3, 0.4) is 0 Å². The van der Waals surface area contributed by atoms with Crippen LogP contribution in [-0.4, -0.2) is 17.5 Å². The van der Waals surface area contributed by atoms with E-state index in [1.165, 1.54) is 0 Å². The normalized spacial score (nSPS) is 9.89. The van der Waals surface area contributed by atoms with Crippen molar-refractivity contribution in [2.24, 2.45) is 0 Å². The Labute approximate surface area is 112 Å². The number of aromatic nitrogens is 1. The molecule has 0 saturated heterocycles. The summed E-state index contributed by atoms with van der Waals surface area (Å²) in [5.41, 5.74) is 0.847. The highest BCUT2D eigenvalue weighted by atomic mass is 16.5. The molecule has 2 aromatic rings. The predicted molar refractivity (Wildman–Crippen MR) is 72.6 cm³/mol. The van der Waals surface area contributed by atoms with E-state index in [9.17, 15) is 4.79 Å². The molecule has 4 nitrogen and oxygen atoms in total. The molecular formula is C15H16N2O2. The highest BCUT2D eigenvalue weighted by molar-refractivity contribution is 5.75. The van der Waals surface area contributed by atoms with Gasteiger partial charge in [0.15, 0.2) is 0 Å². The van der Waals surface area contributed by atoms with E-state index in [1.807, 2.05) is 48.5 Å². The van der Waals surface area contributed by atoms with Crippen molar-refractivity contribution >= 4 is 5.91 Å². The lowest BCUT2D eigenvalue weighted by atomic mass is 10.3. The van der Waals surface area contributed by atoms with E-state index in [0.29, 0.717) is 19.6 Å². The maximum Gasteiger partial charge on any atom is 0.223 e. The van der Waals surface area contributed by atoms with Crippen molar-refractivity contribution in [3.63, 3.8) is 0 Å². The molecule has 1 aromatic carbocycles. The summed E-state index contributed by atoms with van der Waals surface area (Å²) in [6, 6.07) is 15.1. The van der Waals surface area contributed by atoms with Gasteiger partial charge in [-0.25, -0.2) is 0 Å². The van der Waals surface area contributed by atoms with Crippen molar-refractivity contribution in [2.75, 3.05) is 6.61 Å². The fraction of sp³-hybridized carbons (Fsp3) is 0.200. The van der Waals surface area contributed by atoms with Crippen LogP contribution in [0.2, 0.25) is 0 Å². The molecule has 0 unspecified atom stereocenters. The third kappa shape index (κ3) is 4.79. The molecule has 19 heavy (non-hydrogen) atoms. The van der Waals surface area contributed by atoms with Crippen molar-refractivity contribution in [1.29, 1.82) is 0 Å². The molecule has 1 heterocycles. The highest BCUT2D eigenvalue weighted by Crippen LogP contribution is 2.08.